The van der Waals surface area contributed by atoms with E-state index in [4.69, 9.17) is 0 Å². The van der Waals surface area contributed by atoms with Crippen LogP contribution >= 0.6 is 0 Å². The Kier molecular flexibility index (Phi) is 11.0. The molecule has 0 unspecified atom stereocenters. The van der Waals surface area contributed by atoms with Gasteiger partial charge in [0.15, 0.2) is 5.78 Å². The molecule has 51 heavy (non-hydrogen) atoms. The summed E-state index contributed by atoms with van der Waals surface area (Å²) in [4.78, 5) is 13.7. The second kappa shape index (κ2) is 14.4. The number of allylic oxidation sites excluding steroid dienone is 1. The van der Waals surface area contributed by atoms with Gasteiger partial charge in [0.2, 0.25) is 0 Å². The number of carbonyl (C=O) groups is 1. The van der Waals surface area contributed by atoms with Crippen molar-refractivity contribution < 1.29 is 20.1 Å². The zero-order valence-corrected chi connectivity index (χ0v) is 32.6. The first-order valence-electron chi connectivity index (χ1n) is 17.7. The van der Waals surface area contributed by atoms with Crippen LogP contribution in [0, 0.1) is 0 Å². The van der Waals surface area contributed by atoms with Crippen molar-refractivity contribution in [3.8, 4) is 11.5 Å². The summed E-state index contributed by atoms with van der Waals surface area (Å²) in [5.74, 6) is -0.0462. The topological polar surface area (TPSA) is 77.8 Å². The highest BCUT2D eigenvalue weighted by molar-refractivity contribution is 6.10. The Morgan fingerprint density at radius 3 is 1.24 bits per heavy atom. The number of rotatable bonds is 7. The van der Waals surface area contributed by atoms with E-state index < -0.39 is 0 Å². The summed E-state index contributed by atoms with van der Waals surface area (Å²) in [5, 5.41) is 33.9. The van der Waals surface area contributed by atoms with E-state index in [9.17, 15) is 20.1 Å². The van der Waals surface area contributed by atoms with E-state index in [0.717, 1.165) is 22.3 Å². The van der Waals surface area contributed by atoms with Crippen LogP contribution in [-0.2, 0) is 21.7 Å². The van der Waals surface area contributed by atoms with Crippen LogP contribution < -0.4 is 0 Å². The predicted molar refractivity (Wildman–Crippen MR) is 217 cm³/mol. The Morgan fingerprint density at radius 1 is 0.490 bits per heavy atom. The van der Waals surface area contributed by atoms with Gasteiger partial charge in [0, 0.05) is 39.5 Å². The average Bonchev–Trinajstić information content (AvgIpc) is 3.01. The van der Waals surface area contributed by atoms with E-state index in [0.29, 0.717) is 33.4 Å². The van der Waals surface area contributed by atoms with E-state index in [1.807, 2.05) is 66.8 Å². The second-order valence-electron chi connectivity index (χ2n) is 17.7. The first-order valence-corrected chi connectivity index (χ1v) is 17.7. The molecular formula is C47H56O4. The number of phenolic OH excluding ortho intramolecular Hbond substituents is 2. The maximum atomic E-state index is 13.7. The van der Waals surface area contributed by atoms with Crippen LogP contribution in [0.3, 0.4) is 0 Å². The van der Waals surface area contributed by atoms with Crippen molar-refractivity contribution in [1.82, 2.24) is 0 Å². The van der Waals surface area contributed by atoms with Gasteiger partial charge in [0.05, 0.1) is 0 Å². The molecule has 4 aromatic carbocycles. The summed E-state index contributed by atoms with van der Waals surface area (Å²) < 4.78 is 0. The summed E-state index contributed by atoms with van der Waals surface area (Å²) in [6, 6.07) is 22.8. The number of aliphatic hydroxyl groups excluding tert-OH is 1. The molecule has 0 heterocycles. The third kappa shape index (κ3) is 9.29. The van der Waals surface area contributed by atoms with Crippen molar-refractivity contribution in [2.45, 2.75) is 105 Å². The summed E-state index contributed by atoms with van der Waals surface area (Å²) in [6.07, 6.45) is 8.67. The highest BCUT2D eigenvalue weighted by Gasteiger charge is 2.26. The fourth-order valence-corrected chi connectivity index (χ4v) is 5.96. The van der Waals surface area contributed by atoms with E-state index >= 15 is 0 Å². The largest absolute Gasteiger partial charge is 0.507 e. The number of carbonyl (C=O) groups excluding carboxylic acids is 1. The lowest BCUT2D eigenvalue weighted by atomic mass is 9.79. The van der Waals surface area contributed by atoms with Crippen LogP contribution in [0.25, 0.3) is 30.1 Å². The van der Waals surface area contributed by atoms with Crippen LogP contribution in [0.15, 0.2) is 78.9 Å². The zero-order chi connectivity index (χ0) is 38.1. The van der Waals surface area contributed by atoms with Crippen molar-refractivity contribution in [2.75, 3.05) is 0 Å². The highest BCUT2D eigenvalue weighted by Crippen LogP contribution is 2.40. The van der Waals surface area contributed by atoms with Crippen molar-refractivity contribution in [2.24, 2.45) is 0 Å². The Balaban J connectivity index is 1.71. The van der Waals surface area contributed by atoms with Gasteiger partial charge in [0.25, 0.3) is 0 Å². The van der Waals surface area contributed by atoms with E-state index in [1.54, 1.807) is 18.2 Å². The molecule has 0 saturated carbocycles. The maximum absolute atomic E-state index is 13.7. The van der Waals surface area contributed by atoms with Gasteiger partial charge in [0.1, 0.15) is 17.3 Å². The average molecular weight is 685 g/mol. The minimum atomic E-state index is -0.347. The summed E-state index contributed by atoms with van der Waals surface area (Å²) in [6.45, 7) is 25.4. The molecular weight excluding hydrogens is 629 g/mol. The molecule has 0 bridgehead atoms. The van der Waals surface area contributed by atoms with E-state index in [-0.39, 0.29) is 44.7 Å². The minimum Gasteiger partial charge on any atom is -0.507 e. The summed E-state index contributed by atoms with van der Waals surface area (Å²) in [5.41, 5.74) is 6.87. The smallest absolute Gasteiger partial charge is 0.190 e. The van der Waals surface area contributed by atoms with Crippen LogP contribution in [-0.4, -0.2) is 21.1 Å². The van der Waals surface area contributed by atoms with Gasteiger partial charge >= 0.3 is 0 Å². The molecule has 4 rings (SSSR count). The molecule has 4 nitrogen and oxygen atoms in total. The Hall–Kier alpha value is -4.83. The SMILES string of the molecule is CC(C)(C)c1cc(/C=C/c2ccccc2C(=O)/C=C(\O)c2ccccc2/C=C/c2cc(C(C)(C)C)cc(C(C)(C)C)c2O)c(O)c(C(C)(C)C)c1. The number of hydrogen-bond donors (Lipinski definition) is 3. The first-order chi connectivity index (χ1) is 23.5. The van der Waals surface area contributed by atoms with Crippen LogP contribution in [0.5, 0.6) is 11.5 Å². The molecule has 0 atom stereocenters. The third-order valence-corrected chi connectivity index (χ3v) is 9.24. The van der Waals surface area contributed by atoms with Gasteiger partial charge in [-0.1, -0.05) is 168 Å². The molecule has 0 fully saturated rings. The normalized spacial score (nSPS) is 13.4. The number of ketones is 1. The molecule has 0 aliphatic rings. The molecule has 268 valence electrons. The number of phenols is 2. The Labute approximate surface area is 305 Å². The molecule has 0 amide bonds. The number of hydrogen-bond acceptors (Lipinski definition) is 4. The molecule has 0 aliphatic carbocycles. The minimum absolute atomic E-state index is 0.118. The molecule has 0 aromatic heterocycles. The summed E-state index contributed by atoms with van der Waals surface area (Å²) in [7, 11) is 0. The second-order valence-corrected chi connectivity index (χ2v) is 17.7. The lowest BCUT2D eigenvalue weighted by Crippen LogP contribution is -2.17. The van der Waals surface area contributed by atoms with Gasteiger partial charge in [-0.05, 0) is 56.0 Å². The van der Waals surface area contributed by atoms with Gasteiger partial charge in [-0.15, -0.1) is 0 Å². The van der Waals surface area contributed by atoms with Gasteiger partial charge in [-0.3, -0.25) is 4.79 Å². The fraction of sp³-hybridized carbons (Fsp3) is 0.340. The molecule has 0 radical (unpaired) electrons. The number of benzene rings is 4. The monoisotopic (exact) mass is 684 g/mol. The van der Waals surface area contributed by atoms with Crippen molar-refractivity contribution in [1.29, 1.82) is 0 Å². The van der Waals surface area contributed by atoms with Crippen LogP contribution in [0.2, 0.25) is 0 Å². The van der Waals surface area contributed by atoms with Crippen molar-refractivity contribution >= 4 is 35.8 Å². The van der Waals surface area contributed by atoms with Gasteiger partial charge in [-0.2, -0.15) is 0 Å². The van der Waals surface area contributed by atoms with Crippen LogP contribution in [0.4, 0.5) is 0 Å². The van der Waals surface area contributed by atoms with Crippen molar-refractivity contribution in [3.63, 3.8) is 0 Å². The number of aliphatic hydroxyl groups is 1. The van der Waals surface area contributed by atoms with Gasteiger partial charge in [-0.25, -0.2) is 0 Å². The fourth-order valence-electron chi connectivity index (χ4n) is 5.96. The molecule has 0 spiro atoms. The van der Waals surface area contributed by atoms with Gasteiger partial charge < -0.3 is 15.3 Å². The van der Waals surface area contributed by atoms with Crippen molar-refractivity contribution in [3.05, 3.63) is 135 Å². The molecule has 4 heteroatoms. The standard InChI is InChI=1S/C47H56O4/c1-44(2,3)34-25-32(42(50)38(27-34)46(7,8)9)23-21-30-17-13-15-19-36(30)40(48)29-41(49)37-20-16-14-18-31(37)22-24-33-26-35(45(4,5)6)28-39(43(33)51)47(10,11)12/h13-29,48,50-51H,1-12H3/b23-21+,24-22+,40-29-. The van der Waals surface area contributed by atoms with E-state index in [2.05, 4.69) is 95.2 Å². The Bertz CT molecular complexity index is 2010. The predicted octanol–water partition coefficient (Wildman–Crippen LogP) is 12.4. The molecule has 0 saturated heterocycles. The molecule has 3 N–H and O–H groups in total. The maximum Gasteiger partial charge on any atom is 0.190 e. The molecule has 4 aromatic rings. The molecule has 0 aliphatic heterocycles. The van der Waals surface area contributed by atoms with E-state index in [1.165, 1.54) is 6.08 Å². The summed E-state index contributed by atoms with van der Waals surface area (Å²) >= 11 is 0. The third-order valence-electron chi connectivity index (χ3n) is 9.24. The van der Waals surface area contributed by atoms with Crippen LogP contribution in [0.1, 0.15) is 144 Å². The lowest BCUT2D eigenvalue weighted by Gasteiger charge is -2.27. The lowest BCUT2D eigenvalue weighted by molar-refractivity contribution is 0.104. The zero-order valence-electron chi connectivity index (χ0n) is 32.6. The quantitative estimate of drug-likeness (QED) is 0.0783. The number of aromatic hydroxyl groups is 2. The Morgan fingerprint density at radius 2 is 0.843 bits per heavy atom. The highest BCUT2D eigenvalue weighted by atomic mass is 16.3. The first kappa shape index (κ1) is 39.0.